The van der Waals surface area contributed by atoms with E-state index < -0.39 is 0 Å². The number of methoxy groups -OCH3 is 1. The molecule has 3 heteroatoms. The minimum Gasteiger partial charge on any atom is -0.466 e. The first-order valence-electron chi connectivity index (χ1n) is 4.55. The highest BCUT2D eigenvalue weighted by Crippen LogP contribution is 2.11. The van der Waals surface area contributed by atoms with E-state index in [0.717, 1.165) is 18.4 Å². The molecule has 0 fully saturated rings. The van der Waals surface area contributed by atoms with Crippen LogP contribution in [0.25, 0.3) is 0 Å². The van der Waals surface area contributed by atoms with Gasteiger partial charge < -0.3 is 10.5 Å². The number of carbonyl (C=O) groups is 1. The zero-order valence-electron chi connectivity index (χ0n) is 8.89. The smallest absolute Gasteiger partial charge is 0.333 e. The van der Waals surface area contributed by atoms with Crippen LogP contribution in [-0.2, 0) is 9.53 Å². The maximum Gasteiger partial charge on any atom is 0.333 e. The van der Waals surface area contributed by atoms with E-state index in [-0.39, 0.29) is 12.0 Å². The van der Waals surface area contributed by atoms with Crippen LogP contribution < -0.4 is 5.73 Å². The van der Waals surface area contributed by atoms with Gasteiger partial charge in [-0.1, -0.05) is 13.3 Å². The van der Waals surface area contributed by atoms with Gasteiger partial charge in [0.15, 0.2) is 0 Å². The van der Waals surface area contributed by atoms with Gasteiger partial charge in [0.05, 0.1) is 7.11 Å². The summed E-state index contributed by atoms with van der Waals surface area (Å²) in [5, 5.41) is 0. The van der Waals surface area contributed by atoms with Crippen molar-refractivity contribution in [1.82, 2.24) is 0 Å². The van der Waals surface area contributed by atoms with E-state index in [9.17, 15) is 4.79 Å². The van der Waals surface area contributed by atoms with E-state index in [1.165, 1.54) is 7.11 Å². The molecular formula is C10H19NO2. The first-order chi connectivity index (χ1) is 6.04. The van der Waals surface area contributed by atoms with E-state index in [4.69, 9.17) is 5.73 Å². The van der Waals surface area contributed by atoms with Crippen molar-refractivity contribution in [3.63, 3.8) is 0 Å². The lowest BCUT2D eigenvalue weighted by atomic mass is 10.0. The molecule has 1 unspecified atom stereocenters. The fourth-order valence-electron chi connectivity index (χ4n) is 1.12. The third-order valence-electron chi connectivity index (χ3n) is 2.24. The molecule has 0 rings (SSSR count). The Morgan fingerprint density at radius 3 is 2.38 bits per heavy atom. The minimum atomic E-state index is -0.288. The lowest BCUT2D eigenvalue weighted by Gasteiger charge is -2.13. The number of esters is 1. The molecule has 13 heavy (non-hydrogen) atoms. The summed E-state index contributed by atoms with van der Waals surface area (Å²) >= 11 is 0. The third-order valence-corrected chi connectivity index (χ3v) is 2.24. The Labute approximate surface area is 79.9 Å². The van der Waals surface area contributed by atoms with Crippen molar-refractivity contribution in [2.75, 3.05) is 7.11 Å². The second-order valence-corrected chi connectivity index (χ2v) is 3.19. The molecule has 0 amide bonds. The second-order valence-electron chi connectivity index (χ2n) is 3.19. The van der Waals surface area contributed by atoms with Gasteiger partial charge in [-0.2, -0.15) is 0 Å². The topological polar surface area (TPSA) is 52.3 Å². The van der Waals surface area contributed by atoms with Gasteiger partial charge in [0.25, 0.3) is 0 Å². The zero-order chi connectivity index (χ0) is 10.4. The Kier molecular flexibility index (Phi) is 5.39. The number of carbonyl (C=O) groups excluding carboxylic acids is 1. The molecular weight excluding hydrogens is 166 g/mol. The van der Waals surface area contributed by atoms with Crippen molar-refractivity contribution in [2.24, 2.45) is 5.73 Å². The lowest BCUT2D eigenvalue weighted by Crippen LogP contribution is -2.23. The van der Waals surface area contributed by atoms with Gasteiger partial charge in [-0.15, -0.1) is 0 Å². The molecule has 0 aromatic carbocycles. The van der Waals surface area contributed by atoms with Crippen LogP contribution >= 0.6 is 0 Å². The number of ether oxygens (including phenoxy) is 1. The maximum absolute atomic E-state index is 11.1. The average molecular weight is 185 g/mol. The predicted octanol–water partition coefficient (Wildman–Crippen LogP) is 1.62. The quantitative estimate of drug-likeness (QED) is 0.535. The van der Waals surface area contributed by atoms with Crippen molar-refractivity contribution >= 4 is 5.97 Å². The number of hydrogen-bond donors (Lipinski definition) is 1. The third kappa shape index (κ3) is 3.59. The predicted molar refractivity (Wildman–Crippen MR) is 53.3 cm³/mol. The summed E-state index contributed by atoms with van der Waals surface area (Å²) in [6, 6.07) is -0.0240. The largest absolute Gasteiger partial charge is 0.466 e. The number of nitrogens with two attached hydrogens (primary N) is 1. The van der Waals surface area contributed by atoms with Crippen molar-refractivity contribution < 1.29 is 9.53 Å². The fourth-order valence-corrected chi connectivity index (χ4v) is 1.12. The summed E-state index contributed by atoms with van der Waals surface area (Å²) in [6.07, 6.45) is 1.92. The van der Waals surface area contributed by atoms with Gasteiger partial charge in [0, 0.05) is 11.6 Å². The van der Waals surface area contributed by atoms with Crippen LogP contribution in [-0.4, -0.2) is 19.1 Å². The monoisotopic (exact) mass is 185 g/mol. The summed E-state index contributed by atoms with van der Waals surface area (Å²) in [4.78, 5) is 11.1. The van der Waals surface area contributed by atoms with Gasteiger partial charge in [0.2, 0.25) is 0 Å². The molecule has 0 bridgehead atoms. The highest BCUT2D eigenvalue weighted by Gasteiger charge is 2.12. The van der Waals surface area contributed by atoms with Crippen molar-refractivity contribution in [1.29, 1.82) is 0 Å². The van der Waals surface area contributed by atoms with Crippen LogP contribution in [0.3, 0.4) is 0 Å². The Balaban J connectivity index is 4.50. The van der Waals surface area contributed by atoms with Crippen LogP contribution in [0.1, 0.15) is 33.6 Å². The van der Waals surface area contributed by atoms with Crippen LogP contribution in [0.5, 0.6) is 0 Å². The first kappa shape index (κ1) is 12.2. The molecule has 0 aromatic heterocycles. The second kappa shape index (κ2) is 5.75. The molecule has 0 aliphatic rings. The van der Waals surface area contributed by atoms with E-state index in [1.807, 2.05) is 6.92 Å². The first-order valence-corrected chi connectivity index (χ1v) is 4.55. The summed E-state index contributed by atoms with van der Waals surface area (Å²) < 4.78 is 4.61. The van der Waals surface area contributed by atoms with Crippen LogP contribution in [0.15, 0.2) is 11.1 Å². The Morgan fingerprint density at radius 2 is 2.00 bits per heavy atom. The van der Waals surface area contributed by atoms with E-state index >= 15 is 0 Å². The average Bonchev–Trinajstić information content (AvgIpc) is 2.14. The zero-order valence-corrected chi connectivity index (χ0v) is 8.89. The lowest BCUT2D eigenvalue weighted by molar-refractivity contribution is -0.136. The Bertz CT molecular complexity index is 209. The molecule has 2 N–H and O–H groups in total. The maximum atomic E-state index is 11.1. The minimum absolute atomic E-state index is 0.0240. The highest BCUT2D eigenvalue weighted by atomic mass is 16.5. The van der Waals surface area contributed by atoms with Gasteiger partial charge in [-0.05, 0) is 25.8 Å². The summed E-state index contributed by atoms with van der Waals surface area (Å²) in [6.45, 7) is 5.70. The Morgan fingerprint density at radius 1 is 1.46 bits per heavy atom. The molecule has 1 atom stereocenters. The number of rotatable bonds is 4. The molecule has 0 saturated heterocycles. The SMILES string of the molecule is CCCC(N)C(C)=C(C)C(=O)OC. The summed E-state index contributed by atoms with van der Waals surface area (Å²) in [7, 11) is 1.38. The molecule has 3 nitrogen and oxygen atoms in total. The van der Waals surface area contributed by atoms with Crippen molar-refractivity contribution in [3.05, 3.63) is 11.1 Å². The van der Waals surface area contributed by atoms with E-state index in [2.05, 4.69) is 11.7 Å². The van der Waals surface area contributed by atoms with Crippen LogP contribution in [0, 0.1) is 0 Å². The summed E-state index contributed by atoms with van der Waals surface area (Å²) in [5.74, 6) is -0.288. The fraction of sp³-hybridized carbons (Fsp3) is 0.700. The molecule has 0 radical (unpaired) electrons. The molecule has 76 valence electrons. The molecule has 0 aliphatic carbocycles. The molecule has 0 heterocycles. The highest BCUT2D eigenvalue weighted by molar-refractivity contribution is 5.88. The Hall–Kier alpha value is -0.830. The van der Waals surface area contributed by atoms with Crippen molar-refractivity contribution in [2.45, 2.75) is 39.7 Å². The van der Waals surface area contributed by atoms with E-state index in [1.54, 1.807) is 6.92 Å². The normalized spacial score (nSPS) is 14.8. The van der Waals surface area contributed by atoms with Gasteiger partial charge in [0.1, 0.15) is 0 Å². The number of hydrogen-bond acceptors (Lipinski definition) is 3. The molecule has 0 aliphatic heterocycles. The van der Waals surface area contributed by atoms with Crippen LogP contribution in [0.2, 0.25) is 0 Å². The summed E-state index contributed by atoms with van der Waals surface area (Å²) in [5.41, 5.74) is 7.41. The molecule has 0 aromatic rings. The van der Waals surface area contributed by atoms with Gasteiger partial charge >= 0.3 is 5.97 Å². The van der Waals surface area contributed by atoms with Gasteiger partial charge in [-0.3, -0.25) is 0 Å². The van der Waals surface area contributed by atoms with Crippen molar-refractivity contribution in [3.8, 4) is 0 Å². The molecule has 0 saturated carbocycles. The van der Waals surface area contributed by atoms with Crippen LogP contribution in [0.4, 0.5) is 0 Å². The molecule has 0 spiro atoms. The van der Waals surface area contributed by atoms with Gasteiger partial charge in [-0.25, -0.2) is 4.79 Å². The van der Waals surface area contributed by atoms with E-state index in [0.29, 0.717) is 5.57 Å². The standard InChI is InChI=1S/C10H19NO2/c1-5-6-9(11)7(2)8(3)10(12)13-4/h9H,5-6,11H2,1-4H3.